The third-order valence-corrected chi connectivity index (χ3v) is 5.02. The first kappa shape index (κ1) is 22.7. The number of benzene rings is 1. The van der Waals surface area contributed by atoms with Crippen molar-refractivity contribution in [2.75, 3.05) is 40.3 Å². The quantitative estimate of drug-likeness (QED) is 0.366. The van der Waals surface area contributed by atoms with Crippen molar-refractivity contribution in [3.8, 4) is 11.3 Å². The van der Waals surface area contributed by atoms with Crippen LogP contribution in [0, 0.1) is 5.92 Å². The number of H-pyrrole nitrogens is 1. The van der Waals surface area contributed by atoms with Crippen molar-refractivity contribution in [3.63, 3.8) is 0 Å². The monoisotopic (exact) mass is 496 g/mol. The molecule has 0 radical (unpaired) electrons. The van der Waals surface area contributed by atoms with Crippen molar-refractivity contribution in [2.45, 2.75) is 26.3 Å². The van der Waals surface area contributed by atoms with Gasteiger partial charge in [-0.3, -0.25) is 4.99 Å². The highest BCUT2D eigenvalue weighted by Crippen LogP contribution is 2.17. The first-order chi connectivity index (χ1) is 13.2. The predicted octanol–water partition coefficient (Wildman–Crippen LogP) is 3.43. The number of nitrogens with one attached hydrogen (secondary N) is 2. The number of aliphatic imine (C=N–C) groups is 1. The first-order valence-corrected chi connectivity index (χ1v) is 9.93. The second kappa shape index (κ2) is 11.4. The Balaban J connectivity index is 0.00000280. The lowest BCUT2D eigenvalue weighted by Gasteiger charge is -2.29. The maximum absolute atomic E-state index is 4.90. The molecule has 1 atom stereocenters. The van der Waals surface area contributed by atoms with Crippen LogP contribution in [0.15, 0.2) is 41.5 Å². The van der Waals surface area contributed by atoms with Gasteiger partial charge in [0.1, 0.15) is 5.82 Å². The Morgan fingerprint density at radius 2 is 2.14 bits per heavy atom. The number of likely N-dealkylation sites (tertiary alicyclic amines) is 1. The molecule has 2 aromatic rings. The highest BCUT2D eigenvalue weighted by Gasteiger charge is 2.17. The zero-order valence-corrected chi connectivity index (χ0v) is 19.5. The fraction of sp³-hybridized carbons (Fsp3) is 0.524. The zero-order chi connectivity index (χ0) is 19.1. The number of aromatic nitrogens is 2. The Kier molecular flexibility index (Phi) is 9.24. The second-order valence-electron chi connectivity index (χ2n) is 7.43. The Labute approximate surface area is 185 Å². The van der Waals surface area contributed by atoms with Gasteiger partial charge in [-0.05, 0) is 44.8 Å². The summed E-state index contributed by atoms with van der Waals surface area (Å²) in [5, 5.41) is 3.41. The zero-order valence-electron chi connectivity index (χ0n) is 17.2. The number of nitrogens with zero attached hydrogens (tertiary/aromatic N) is 4. The molecule has 0 amide bonds. The normalized spacial score (nSPS) is 17.8. The van der Waals surface area contributed by atoms with E-state index in [2.05, 4.69) is 58.2 Å². The Morgan fingerprint density at radius 1 is 1.36 bits per heavy atom. The topological polar surface area (TPSA) is 59.6 Å². The van der Waals surface area contributed by atoms with Gasteiger partial charge in [0, 0.05) is 26.7 Å². The molecule has 1 aromatic carbocycles. The molecule has 0 bridgehead atoms. The van der Waals surface area contributed by atoms with E-state index < -0.39 is 0 Å². The van der Waals surface area contributed by atoms with Crippen LogP contribution < -0.4 is 5.32 Å². The van der Waals surface area contributed by atoms with Crippen LogP contribution in [0.5, 0.6) is 0 Å². The van der Waals surface area contributed by atoms with Gasteiger partial charge in [0.05, 0.1) is 18.4 Å². The van der Waals surface area contributed by atoms with Crippen molar-refractivity contribution >= 4 is 29.9 Å². The number of hydrogen-bond acceptors (Lipinski definition) is 3. The van der Waals surface area contributed by atoms with Crippen LogP contribution in [-0.4, -0.2) is 66.0 Å². The van der Waals surface area contributed by atoms with Gasteiger partial charge in [0.15, 0.2) is 5.96 Å². The third-order valence-electron chi connectivity index (χ3n) is 5.02. The van der Waals surface area contributed by atoms with Crippen molar-refractivity contribution < 1.29 is 0 Å². The molecule has 28 heavy (non-hydrogen) atoms. The van der Waals surface area contributed by atoms with Crippen molar-refractivity contribution in [2.24, 2.45) is 10.9 Å². The third kappa shape index (κ3) is 6.48. The SMILES string of the molecule is CCNC(=NCC1CCCN(C)C1)N(C)Cc1ncc(-c2ccccc2)[nH]1.I. The summed E-state index contributed by atoms with van der Waals surface area (Å²) in [6, 6.07) is 10.3. The molecule has 1 aliphatic heterocycles. The van der Waals surface area contributed by atoms with Crippen LogP contribution in [0.1, 0.15) is 25.6 Å². The van der Waals surface area contributed by atoms with Gasteiger partial charge in [-0.2, -0.15) is 0 Å². The van der Waals surface area contributed by atoms with E-state index in [1.54, 1.807) is 0 Å². The standard InChI is InChI=1S/C21H32N6.HI/c1-4-22-21(24-13-17-9-8-12-26(2)15-17)27(3)16-20-23-14-19(25-20)18-10-6-5-7-11-18;/h5-7,10-11,14,17H,4,8-9,12-13,15-16H2,1-3H3,(H,22,24)(H,23,25);1H. The van der Waals surface area contributed by atoms with Gasteiger partial charge in [-0.15, -0.1) is 24.0 Å². The van der Waals surface area contributed by atoms with E-state index in [0.29, 0.717) is 12.5 Å². The summed E-state index contributed by atoms with van der Waals surface area (Å²) in [4.78, 5) is 17.4. The summed E-state index contributed by atoms with van der Waals surface area (Å²) in [5.41, 5.74) is 2.20. The fourth-order valence-corrected chi connectivity index (χ4v) is 3.61. The minimum atomic E-state index is 0. The van der Waals surface area contributed by atoms with Gasteiger partial charge in [0.2, 0.25) is 0 Å². The maximum Gasteiger partial charge on any atom is 0.194 e. The Hall–Kier alpha value is -1.61. The lowest BCUT2D eigenvalue weighted by molar-refractivity contribution is 0.214. The fourth-order valence-electron chi connectivity index (χ4n) is 3.61. The number of aromatic amines is 1. The lowest BCUT2D eigenvalue weighted by Crippen LogP contribution is -2.40. The molecule has 2 heterocycles. The van der Waals surface area contributed by atoms with Gasteiger partial charge < -0.3 is 20.1 Å². The molecule has 0 saturated carbocycles. The van der Waals surface area contributed by atoms with Gasteiger partial charge in [-0.25, -0.2) is 4.98 Å². The average molecular weight is 496 g/mol. The predicted molar refractivity (Wildman–Crippen MR) is 127 cm³/mol. The summed E-state index contributed by atoms with van der Waals surface area (Å²) in [5.74, 6) is 2.54. The molecule has 1 saturated heterocycles. The number of imidazole rings is 1. The molecule has 0 spiro atoms. The van der Waals surface area contributed by atoms with E-state index in [-0.39, 0.29) is 24.0 Å². The van der Waals surface area contributed by atoms with Crippen LogP contribution in [0.2, 0.25) is 0 Å². The van der Waals surface area contributed by atoms with Crippen LogP contribution >= 0.6 is 24.0 Å². The van der Waals surface area contributed by atoms with E-state index in [0.717, 1.165) is 42.7 Å². The molecule has 6 nitrogen and oxygen atoms in total. The largest absolute Gasteiger partial charge is 0.357 e. The minimum Gasteiger partial charge on any atom is -0.357 e. The van der Waals surface area contributed by atoms with E-state index in [9.17, 15) is 0 Å². The average Bonchev–Trinajstić information content (AvgIpc) is 3.14. The number of rotatable bonds is 6. The van der Waals surface area contributed by atoms with E-state index in [1.165, 1.54) is 19.4 Å². The molecule has 154 valence electrons. The van der Waals surface area contributed by atoms with Crippen LogP contribution in [-0.2, 0) is 6.54 Å². The van der Waals surface area contributed by atoms with Gasteiger partial charge in [-0.1, -0.05) is 30.3 Å². The minimum absolute atomic E-state index is 0. The number of piperidine rings is 1. The molecular formula is C21H33IN6. The highest BCUT2D eigenvalue weighted by molar-refractivity contribution is 14.0. The maximum atomic E-state index is 4.90. The first-order valence-electron chi connectivity index (χ1n) is 9.93. The Bertz CT molecular complexity index is 730. The van der Waals surface area contributed by atoms with Crippen LogP contribution in [0.25, 0.3) is 11.3 Å². The van der Waals surface area contributed by atoms with Crippen LogP contribution in [0.3, 0.4) is 0 Å². The Morgan fingerprint density at radius 3 is 2.86 bits per heavy atom. The molecule has 1 unspecified atom stereocenters. The summed E-state index contributed by atoms with van der Waals surface area (Å²) in [6.45, 7) is 6.90. The summed E-state index contributed by atoms with van der Waals surface area (Å²) in [6.07, 6.45) is 4.45. The number of hydrogen-bond donors (Lipinski definition) is 2. The second-order valence-corrected chi connectivity index (χ2v) is 7.43. The molecule has 1 fully saturated rings. The van der Waals surface area contributed by atoms with Crippen LogP contribution in [0.4, 0.5) is 0 Å². The molecule has 7 heteroatoms. The molecule has 3 rings (SSSR count). The van der Waals surface area contributed by atoms with Crippen molar-refractivity contribution in [1.29, 1.82) is 0 Å². The van der Waals surface area contributed by atoms with E-state index >= 15 is 0 Å². The lowest BCUT2D eigenvalue weighted by atomic mass is 9.99. The highest BCUT2D eigenvalue weighted by atomic mass is 127. The van der Waals surface area contributed by atoms with Gasteiger partial charge >= 0.3 is 0 Å². The smallest absolute Gasteiger partial charge is 0.194 e. The summed E-state index contributed by atoms with van der Waals surface area (Å²) in [7, 11) is 4.27. The molecular weight excluding hydrogens is 463 g/mol. The van der Waals surface area contributed by atoms with Crippen molar-refractivity contribution in [1.82, 2.24) is 25.1 Å². The molecule has 1 aromatic heterocycles. The molecule has 2 N–H and O–H groups in total. The van der Waals surface area contributed by atoms with Crippen molar-refractivity contribution in [3.05, 3.63) is 42.4 Å². The van der Waals surface area contributed by atoms with E-state index in [1.807, 2.05) is 24.4 Å². The molecule has 0 aliphatic carbocycles. The molecule has 1 aliphatic rings. The number of halogens is 1. The summed E-state index contributed by atoms with van der Waals surface area (Å²) < 4.78 is 0. The number of guanidine groups is 1. The summed E-state index contributed by atoms with van der Waals surface area (Å²) >= 11 is 0. The van der Waals surface area contributed by atoms with Gasteiger partial charge in [0.25, 0.3) is 0 Å². The van der Waals surface area contributed by atoms with E-state index in [4.69, 9.17) is 4.99 Å².